The van der Waals surface area contributed by atoms with Crippen LogP contribution in [0.1, 0.15) is 31.9 Å². The van der Waals surface area contributed by atoms with Crippen molar-refractivity contribution in [2.24, 2.45) is 0 Å². The fourth-order valence-corrected chi connectivity index (χ4v) is 3.27. The van der Waals surface area contributed by atoms with Crippen molar-refractivity contribution in [3.05, 3.63) is 59.1 Å². The third-order valence-corrected chi connectivity index (χ3v) is 5.28. The topological polar surface area (TPSA) is 72.5 Å². The predicted octanol–water partition coefficient (Wildman–Crippen LogP) is 3.78. The summed E-state index contributed by atoms with van der Waals surface area (Å²) in [4.78, 5) is 12.7. The molecule has 0 fully saturated rings. The van der Waals surface area contributed by atoms with Crippen LogP contribution in [0.4, 0.5) is 0 Å². The number of sulfone groups is 1. The molecule has 1 amide bonds. The van der Waals surface area contributed by atoms with E-state index in [1.54, 1.807) is 55.5 Å². The van der Waals surface area contributed by atoms with Crippen molar-refractivity contribution < 1.29 is 17.9 Å². The molecule has 2 rings (SSSR count). The van der Waals surface area contributed by atoms with Crippen molar-refractivity contribution in [3.63, 3.8) is 0 Å². The maximum absolute atomic E-state index is 12.4. The van der Waals surface area contributed by atoms with Gasteiger partial charge in [-0.1, -0.05) is 36.7 Å². The number of rotatable bonds is 7. The largest absolute Gasteiger partial charge is 0.481 e. The lowest BCUT2D eigenvalue weighted by Gasteiger charge is -2.21. The summed E-state index contributed by atoms with van der Waals surface area (Å²) in [6.45, 7) is 3.60. The first-order valence-corrected chi connectivity index (χ1v) is 10.5. The van der Waals surface area contributed by atoms with Gasteiger partial charge in [-0.25, -0.2) is 8.42 Å². The van der Waals surface area contributed by atoms with Crippen LogP contribution in [-0.2, 0) is 14.6 Å². The summed E-state index contributed by atoms with van der Waals surface area (Å²) in [6, 6.07) is 13.1. The van der Waals surface area contributed by atoms with Gasteiger partial charge in [-0.15, -0.1) is 0 Å². The van der Waals surface area contributed by atoms with E-state index in [2.05, 4.69) is 5.32 Å². The van der Waals surface area contributed by atoms with E-state index in [-0.39, 0.29) is 16.8 Å². The summed E-state index contributed by atoms with van der Waals surface area (Å²) >= 11 is 5.92. The van der Waals surface area contributed by atoms with Gasteiger partial charge < -0.3 is 10.1 Å². The smallest absolute Gasteiger partial charge is 0.261 e. The van der Waals surface area contributed by atoms with Crippen LogP contribution in [0.15, 0.2) is 53.4 Å². The number of hydrogen-bond acceptors (Lipinski definition) is 4. The molecule has 0 saturated carbocycles. The molecule has 2 atom stereocenters. The minimum atomic E-state index is -3.24. The second kappa shape index (κ2) is 8.56. The van der Waals surface area contributed by atoms with Crippen LogP contribution >= 0.6 is 11.6 Å². The number of ether oxygens (including phenoxy) is 1. The van der Waals surface area contributed by atoms with Crippen LogP contribution in [0.5, 0.6) is 5.75 Å². The first-order chi connectivity index (χ1) is 12.2. The molecule has 0 aromatic heterocycles. The number of carbonyl (C=O) groups is 1. The number of benzene rings is 2. The van der Waals surface area contributed by atoms with E-state index >= 15 is 0 Å². The van der Waals surface area contributed by atoms with E-state index in [4.69, 9.17) is 16.3 Å². The van der Waals surface area contributed by atoms with Crippen molar-refractivity contribution in [2.45, 2.75) is 37.3 Å². The molecule has 2 aromatic carbocycles. The Hall–Kier alpha value is -2.05. The van der Waals surface area contributed by atoms with Crippen LogP contribution in [0.3, 0.4) is 0 Å². The molecule has 0 heterocycles. The van der Waals surface area contributed by atoms with Gasteiger partial charge in [0.2, 0.25) is 0 Å². The monoisotopic (exact) mass is 395 g/mol. The van der Waals surface area contributed by atoms with Crippen LogP contribution in [0.25, 0.3) is 0 Å². The molecular formula is C19H22ClNO4S. The van der Waals surface area contributed by atoms with Crippen LogP contribution in [0.2, 0.25) is 5.02 Å². The normalized spacial score (nSPS) is 13.7. The summed E-state index contributed by atoms with van der Waals surface area (Å²) < 4.78 is 28.7. The van der Waals surface area contributed by atoms with Crippen molar-refractivity contribution >= 4 is 27.3 Å². The van der Waals surface area contributed by atoms with Gasteiger partial charge in [0.25, 0.3) is 5.91 Å². The first-order valence-electron chi connectivity index (χ1n) is 8.23. The van der Waals surface area contributed by atoms with E-state index in [1.165, 1.54) is 0 Å². The standard InChI is InChI=1S/C19H22ClNO4S/c1-4-18(14-8-10-17(11-9-14)26(3,23)24)21-19(22)13(2)25-16-7-5-6-15(20)12-16/h5-13,18H,4H2,1-3H3,(H,21,22). The lowest BCUT2D eigenvalue weighted by Crippen LogP contribution is -2.38. The van der Waals surface area contributed by atoms with E-state index in [1.807, 2.05) is 6.92 Å². The lowest BCUT2D eigenvalue weighted by molar-refractivity contribution is -0.128. The van der Waals surface area contributed by atoms with Crippen LogP contribution in [-0.4, -0.2) is 26.7 Å². The molecule has 0 radical (unpaired) electrons. The Kier molecular flexibility index (Phi) is 6.67. The summed E-state index contributed by atoms with van der Waals surface area (Å²) in [5, 5.41) is 3.46. The van der Waals surface area contributed by atoms with E-state index < -0.39 is 15.9 Å². The van der Waals surface area contributed by atoms with E-state index in [0.29, 0.717) is 17.2 Å². The molecule has 26 heavy (non-hydrogen) atoms. The Bertz CT molecular complexity index is 865. The Balaban J connectivity index is 2.05. The lowest BCUT2D eigenvalue weighted by atomic mass is 10.0. The number of hydrogen-bond donors (Lipinski definition) is 1. The number of amides is 1. The van der Waals surface area contributed by atoms with Crippen molar-refractivity contribution in [3.8, 4) is 5.75 Å². The zero-order valence-corrected chi connectivity index (χ0v) is 16.5. The predicted molar refractivity (Wildman–Crippen MR) is 102 cm³/mol. The second-order valence-electron chi connectivity index (χ2n) is 6.03. The molecule has 0 saturated heterocycles. The highest BCUT2D eigenvalue weighted by molar-refractivity contribution is 7.90. The third-order valence-electron chi connectivity index (χ3n) is 3.91. The van der Waals surface area contributed by atoms with Gasteiger partial charge in [0, 0.05) is 11.3 Å². The maximum Gasteiger partial charge on any atom is 0.261 e. The van der Waals surface area contributed by atoms with Gasteiger partial charge in [-0.3, -0.25) is 4.79 Å². The van der Waals surface area contributed by atoms with Crippen molar-refractivity contribution in [2.75, 3.05) is 6.26 Å². The van der Waals surface area contributed by atoms with Crippen LogP contribution < -0.4 is 10.1 Å². The fourth-order valence-electron chi connectivity index (χ4n) is 2.46. The molecule has 2 aromatic rings. The minimum absolute atomic E-state index is 0.235. The van der Waals surface area contributed by atoms with Gasteiger partial charge in [0.1, 0.15) is 5.75 Å². The second-order valence-corrected chi connectivity index (χ2v) is 8.48. The zero-order valence-electron chi connectivity index (χ0n) is 14.9. The molecule has 0 aliphatic rings. The van der Waals surface area contributed by atoms with Gasteiger partial charge >= 0.3 is 0 Å². The Labute approximate surface area is 159 Å². The highest BCUT2D eigenvalue weighted by atomic mass is 35.5. The Morgan fingerprint density at radius 1 is 1.19 bits per heavy atom. The van der Waals surface area contributed by atoms with Gasteiger partial charge in [-0.05, 0) is 49.2 Å². The SMILES string of the molecule is CCC(NC(=O)C(C)Oc1cccc(Cl)c1)c1ccc(S(C)(=O)=O)cc1. The highest BCUT2D eigenvalue weighted by Crippen LogP contribution is 2.21. The Morgan fingerprint density at radius 2 is 1.85 bits per heavy atom. The number of halogens is 1. The molecule has 2 unspecified atom stereocenters. The molecule has 140 valence electrons. The maximum atomic E-state index is 12.4. The molecule has 7 heteroatoms. The quantitative estimate of drug-likeness (QED) is 0.774. The van der Waals surface area contributed by atoms with E-state index in [0.717, 1.165) is 11.8 Å². The third kappa shape index (κ3) is 5.47. The highest BCUT2D eigenvalue weighted by Gasteiger charge is 2.20. The molecule has 0 spiro atoms. The van der Waals surface area contributed by atoms with Gasteiger partial charge in [-0.2, -0.15) is 0 Å². The average molecular weight is 396 g/mol. The molecule has 5 nitrogen and oxygen atoms in total. The summed E-state index contributed by atoms with van der Waals surface area (Å²) in [5.41, 5.74) is 0.836. The van der Waals surface area contributed by atoms with E-state index in [9.17, 15) is 13.2 Å². The molecular weight excluding hydrogens is 374 g/mol. The van der Waals surface area contributed by atoms with Gasteiger partial charge in [0.05, 0.1) is 10.9 Å². The van der Waals surface area contributed by atoms with Crippen molar-refractivity contribution in [1.82, 2.24) is 5.32 Å². The zero-order chi connectivity index (χ0) is 19.3. The molecule has 0 bridgehead atoms. The molecule has 0 aliphatic heterocycles. The van der Waals surface area contributed by atoms with Crippen molar-refractivity contribution in [1.29, 1.82) is 0 Å². The number of nitrogens with one attached hydrogen (secondary N) is 1. The summed E-state index contributed by atoms with van der Waals surface area (Å²) in [6.07, 6.45) is 1.13. The first kappa shape index (κ1) is 20.3. The van der Waals surface area contributed by atoms with Gasteiger partial charge in [0.15, 0.2) is 15.9 Å². The minimum Gasteiger partial charge on any atom is -0.481 e. The summed E-state index contributed by atoms with van der Waals surface area (Å²) in [5.74, 6) is 0.259. The molecule has 1 N–H and O–H groups in total. The Morgan fingerprint density at radius 3 is 2.38 bits per heavy atom. The summed E-state index contributed by atoms with van der Waals surface area (Å²) in [7, 11) is -3.24. The molecule has 0 aliphatic carbocycles. The fraction of sp³-hybridized carbons (Fsp3) is 0.316. The average Bonchev–Trinajstić information content (AvgIpc) is 2.58. The number of carbonyl (C=O) groups excluding carboxylic acids is 1. The van der Waals surface area contributed by atoms with Crippen LogP contribution in [0, 0.1) is 0 Å².